The van der Waals surface area contributed by atoms with Gasteiger partial charge in [0.25, 0.3) is 0 Å². The van der Waals surface area contributed by atoms with Gasteiger partial charge in [0.2, 0.25) is 0 Å². The van der Waals surface area contributed by atoms with Gasteiger partial charge in [-0.05, 0) is 30.9 Å². The zero-order chi connectivity index (χ0) is 14.1. The molecule has 0 saturated carbocycles. The molecule has 0 aliphatic carbocycles. The molecule has 0 aliphatic rings. The number of hydrogen-bond donors (Lipinski definition) is 0. The second-order valence-corrected chi connectivity index (χ2v) is 6.03. The van der Waals surface area contributed by atoms with Crippen LogP contribution in [0, 0.1) is 11.6 Å². The van der Waals surface area contributed by atoms with Crippen molar-refractivity contribution in [2.45, 2.75) is 25.7 Å². The van der Waals surface area contributed by atoms with Crippen molar-refractivity contribution >= 4 is 9.53 Å². The van der Waals surface area contributed by atoms with E-state index >= 15 is 0 Å². The second kappa shape index (κ2) is 9.14. The number of halogens is 2. The Bertz CT molecular complexity index is 373. The highest BCUT2D eigenvalue weighted by Gasteiger charge is 2.09. The van der Waals surface area contributed by atoms with Gasteiger partial charge in [0, 0.05) is 26.9 Å². The van der Waals surface area contributed by atoms with Crippen LogP contribution in [-0.2, 0) is 19.7 Å². The third-order valence-corrected chi connectivity index (χ3v) is 4.02. The second-order valence-electron chi connectivity index (χ2n) is 4.18. The monoisotopic (exact) mass is 290 g/mol. The first-order valence-electron chi connectivity index (χ1n) is 6.28. The number of aryl methyl sites for hydroxylation is 1. The average Bonchev–Trinajstić information content (AvgIpc) is 2.40. The number of unbranched alkanes of at least 4 members (excludes halogenated alkanes) is 2. The number of benzene rings is 1. The predicted molar refractivity (Wildman–Crippen MR) is 71.0 cm³/mol. The molecule has 1 rings (SSSR count). The fraction of sp³-hybridized carbons (Fsp3) is 0.538. The molecule has 1 aromatic carbocycles. The van der Waals surface area contributed by atoms with E-state index in [1.165, 1.54) is 12.1 Å². The lowest BCUT2D eigenvalue weighted by Gasteiger charge is -2.11. The maximum atomic E-state index is 13.3. The molecule has 0 spiro atoms. The Hall–Kier alpha value is -0.823. The molecule has 0 bridgehead atoms. The van der Waals surface area contributed by atoms with E-state index in [2.05, 4.69) is 0 Å². The van der Waals surface area contributed by atoms with Gasteiger partial charge in [-0.2, -0.15) is 0 Å². The summed E-state index contributed by atoms with van der Waals surface area (Å²) in [5.74, 6) is -1.01. The Morgan fingerprint density at radius 2 is 1.79 bits per heavy atom. The van der Waals surface area contributed by atoms with Crippen molar-refractivity contribution in [3.63, 3.8) is 0 Å². The van der Waals surface area contributed by atoms with Gasteiger partial charge >= 0.3 is 9.53 Å². The van der Waals surface area contributed by atoms with Crippen LogP contribution < -0.4 is 0 Å². The van der Waals surface area contributed by atoms with Crippen LogP contribution in [0.1, 0.15) is 24.8 Å². The van der Waals surface area contributed by atoms with Gasteiger partial charge < -0.3 is 13.3 Å². The highest BCUT2D eigenvalue weighted by Crippen LogP contribution is 2.13. The Kier molecular flexibility index (Phi) is 7.81. The molecular formula is C13H20F2O3Si. The molecule has 0 N–H and O–H groups in total. The fourth-order valence-corrected chi connectivity index (χ4v) is 2.55. The third kappa shape index (κ3) is 6.24. The number of rotatable bonds is 9. The van der Waals surface area contributed by atoms with E-state index in [1.54, 1.807) is 14.2 Å². The van der Waals surface area contributed by atoms with Crippen LogP contribution in [0.25, 0.3) is 0 Å². The number of hydrogen-bond acceptors (Lipinski definition) is 3. The third-order valence-electron chi connectivity index (χ3n) is 2.74. The molecule has 0 amide bonds. The summed E-state index contributed by atoms with van der Waals surface area (Å²) in [6, 6.07) is 3.71. The van der Waals surface area contributed by atoms with E-state index in [1.807, 2.05) is 0 Å². The van der Waals surface area contributed by atoms with Gasteiger partial charge in [-0.1, -0.05) is 12.5 Å². The van der Waals surface area contributed by atoms with E-state index in [0.29, 0.717) is 18.6 Å². The standard InChI is InChI=1S/C13H20F2O3Si/c1-16-19(17-2)18-9-5-3-4-6-11-7-8-12(14)10-13(11)15/h7-8,10,19H,3-6,9H2,1-2H3. The summed E-state index contributed by atoms with van der Waals surface area (Å²) in [5.41, 5.74) is 0.559. The van der Waals surface area contributed by atoms with Crippen LogP contribution >= 0.6 is 0 Å². The fourth-order valence-electron chi connectivity index (χ4n) is 1.73. The molecule has 0 unspecified atom stereocenters. The van der Waals surface area contributed by atoms with E-state index < -0.39 is 21.2 Å². The minimum absolute atomic E-state index is 0.470. The highest BCUT2D eigenvalue weighted by atomic mass is 28.3. The zero-order valence-electron chi connectivity index (χ0n) is 11.3. The molecule has 0 aliphatic heterocycles. The molecule has 3 nitrogen and oxygen atoms in total. The van der Waals surface area contributed by atoms with Crippen LogP contribution in [0.2, 0.25) is 0 Å². The summed E-state index contributed by atoms with van der Waals surface area (Å²) in [7, 11) is 1.22. The van der Waals surface area contributed by atoms with Gasteiger partial charge in [0.05, 0.1) is 0 Å². The average molecular weight is 290 g/mol. The van der Waals surface area contributed by atoms with Crippen molar-refractivity contribution < 1.29 is 22.1 Å². The van der Waals surface area contributed by atoms with Gasteiger partial charge in [-0.25, -0.2) is 8.78 Å². The topological polar surface area (TPSA) is 27.7 Å². The summed E-state index contributed by atoms with van der Waals surface area (Å²) >= 11 is 0. The van der Waals surface area contributed by atoms with Crippen molar-refractivity contribution in [1.29, 1.82) is 0 Å². The van der Waals surface area contributed by atoms with Gasteiger partial charge in [-0.15, -0.1) is 0 Å². The van der Waals surface area contributed by atoms with E-state index in [9.17, 15) is 8.78 Å². The summed E-state index contributed by atoms with van der Waals surface area (Å²) < 4.78 is 41.5. The van der Waals surface area contributed by atoms with Crippen LogP contribution in [0.5, 0.6) is 0 Å². The molecule has 0 atom stereocenters. The molecular weight excluding hydrogens is 270 g/mol. The Balaban J connectivity index is 2.14. The largest absolute Gasteiger partial charge is 0.483 e. The van der Waals surface area contributed by atoms with Crippen LogP contribution in [0.4, 0.5) is 8.78 Å². The predicted octanol–water partition coefficient (Wildman–Crippen LogP) is 2.70. The van der Waals surface area contributed by atoms with E-state index in [0.717, 1.165) is 25.3 Å². The van der Waals surface area contributed by atoms with Crippen molar-refractivity contribution in [3.05, 3.63) is 35.4 Å². The Morgan fingerprint density at radius 1 is 1.05 bits per heavy atom. The molecule has 0 heterocycles. The Morgan fingerprint density at radius 3 is 2.42 bits per heavy atom. The van der Waals surface area contributed by atoms with Crippen molar-refractivity contribution in [1.82, 2.24) is 0 Å². The molecule has 108 valence electrons. The molecule has 6 heteroatoms. The van der Waals surface area contributed by atoms with Crippen LogP contribution in [0.15, 0.2) is 18.2 Å². The minimum Gasteiger partial charge on any atom is -0.379 e. The molecule has 0 aromatic heterocycles. The Labute approximate surface area is 114 Å². The summed E-state index contributed by atoms with van der Waals surface area (Å²) in [6.07, 6.45) is 3.25. The van der Waals surface area contributed by atoms with Gasteiger partial charge in [0.15, 0.2) is 0 Å². The SMILES string of the molecule is CO[SiH](OC)OCCCCCc1ccc(F)cc1F. The lowest BCUT2D eigenvalue weighted by atomic mass is 10.1. The first-order valence-corrected chi connectivity index (χ1v) is 7.70. The smallest absolute Gasteiger partial charge is 0.379 e. The normalized spacial score (nSPS) is 11.2. The maximum Gasteiger partial charge on any atom is 0.483 e. The van der Waals surface area contributed by atoms with Crippen molar-refractivity contribution in [2.75, 3.05) is 20.8 Å². The van der Waals surface area contributed by atoms with E-state index in [4.69, 9.17) is 13.3 Å². The van der Waals surface area contributed by atoms with Crippen molar-refractivity contribution in [2.24, 2.45) is 0 Å². The lowest BCUT2D eigenvalue weighted by Crippen LogP contribution is -2.24. The first kappa shape index (κ1) is 16.2. The highest BCUT2D eigenvalue weighted by molar-refractivity contribution is 6.36. The molecule has 19 heavy (non-hydrogen) atoms. The maximum absolute atomic E-state index is 13.3. The van der Waals surface area contributed by atoms with Gasteiger partial charge in [-0.3, -0.25) is 0 Å². The molecule has 0 saturated heterocycles. The van der Waals surface area contributed by atoms with Gasteiger partial charge in [0.1, 0.15) is 11.6 Å². The van der Waals surface area contributed by atoms with Crippen molar-refractivity contribution in [3.8, 4) is 0 Å². The quantitative estimate of drug-likeness (QED) is 0.517. The lowest BCUT2D eigenvalue weighted by molar-refractivity contribution is 0.133. The summed E-state index contributed by atoms with van der Waals surface area (Å²) in [4.78, 5) is 0. The van der Waals surface area contributed by atoms with Crippen LogP contribution in [0.3, 0.4) is 0 Å². The zero-order valence-corrected chi connectivity index (χ0v) is 12.5. The molecule has 1 aromatic rings. The van der Waals surface area contributed by atoms with Crippen LogP contribution in [-0.4, -0.2) is 30.4 Å². The first-order chi connectivity index (χ1) is 9.17. The minimum atomic E-state index is -1.92. The van der Waals surface area contributed by atoms with E-state index in [-0.39, 0.29) is 0 Å². The molecule has 0 radical (unpaired) electrons. The molecule has 0 fully saturated rings. The summed E-state index contributed by atoms with van der Waals surface area (Å²) in [5, 5.41) is 0. The summed E-state index contributed by atoms with van der Waals surface area (Å²) in [6.45, 7) is 0.588.